The van der Waals surface area contributed by atoms with E-state index in [1.807, 2.05) is 13.0 Å². The third kappa shape index (κ3) is 2.29. The predicted octanol–water partition coefficient (Wildman–Crippen LogP) is 4.57. The number of hydrogen-bond donors (Lipinski definition) is 0. The summed E-state index contributed by atoms with van der Waals surface area (Å²) in [6, 6.07) is 6.54. The topological polar surface area (TPSA) is 42.2 Å². The standard InChI is InChI=1S/C17H19N3OS/c1-11-5-7-20(14(9-11)15-4-3-12(2)21-15)16-13-6-8-22-17(13)19-10-18-16/h3-4,6,8,10-11,14H,5,7,9H2,1-2H3. The fraction of sp³-hybridized carbons (Fsp3) is 0.412. The van der Waals surface area contributed by atoms with Gasteiger partial charge in [-0.15, -0.1) is 11.3 Å². The van der Waals surface area contributed by atoms with Crippen molar-refractivity contribution in [3.05, 3.63) is 41.4 Å². The van der Waals surface area contributed by atoms with E-state index in [0.717, 1.165) is 40.5 Å². The highest BCUT2D eigenvalue weighted by Crippen LogP contribution is 2.39. The highest BCUT2D eigenvalue weighted by atomic mass is 32.1. The minimum atomic E-state index is 0.260. The maximum Gasteiger partial charge on any atom is 0.141 e. The van der Waals surface area contributed by atoms with Gasteiger partial charge in [-0.25, -0.2) is 9.97 Å². The minimum Gasteiger partial charge on any atom is -0.464 e. The van der Waals surface area contributed by atoms with E-state index in [9.17, 15) is 0 Å². The average molecular weight is 313 g/mol. The molecule has 1 fully saturated rings. The Labute approximate surface area is 133 Å². The van der Waals surface area contributed by atoms with Crippen molar-refractivity contribution in [3.8, 4) is 0 Å². The van der Waals surface area contributed by atoms with Crippen molar-refractivity contribution >= 4 is 27.4 Å². The second-order valence-corrected chi connectivity index (χ2v) is 7.02. The van der Waals surface area contributed by atoms with Crippen LogP contribution in [-0.2, 0) is 0 Å². The van der Waals surface area contributed by atoms with Gasteiger partial charge in [-0.2, -0.15) is 0 Å². The number of nitrogens with zero attached hydrogens (tertiary/aromatic N) is 3. The lowest BCUT2D eigenvalue weighted by atomic mass is 9.91. The summed E-state index contributed by atoms with van der Waals surface area (Å²) in [7, 11) is 0. The monoisotopic (exact) mass is 313 g/mol. The molecule has 1 aliphatic rings. The Balaban J connectivity index is 1.79. The zero-order valence-corrected chi connectivity index (χ0v) is 13.6. The first-order chi connectivity index (χ1) is 10.7. The molecule has 3 aromatic rings. The Kier molecular flexibility index (Phi) is 3.37. The summed E-state index contributed by atoms with van der Waals surface area (Å²) in [5.74, 6) is 3.76. The summed E-state index contributed by atoms with van der Waals surface area (Å²) < 4.78 is 5.93. The van der Waals surface area contributed by atoms with Crippen LogP contribution in [0, 0.1) is 12.8 Å². The lowest BCUT2D eigenvalue weighted by Crippen LogP contribution is -2.36. The molecule has 22 heavy (non-hydrogen) atoms. The molecule has 114 valence electrons. The number of thiophene rings is 1. The van der Waals surface area contributed by atoms with Gasteiger partial charge in [0.05, 0.1) is 11.4 Å². The smallest absolute Gasteiger partial charge is 0.141 e. The molecule has 0 amide bonds. The minimum absolute atomic E-state index is 0.260. The summed E-state index contributed by atoms with van der Waals surface area (Å²) >= 11 is 1.67. The van der Waals surface area contributed by atoms with E-state index in [4.69, 9.17) is 4.42 Å². The number of rotatable bonds is 2. The van der Waals surface area contributed by atoms with Gasteiger partial charge in [0.1, 0.15) is 28.5 Å². The van der Waals surface area contributed by atoms with Crippen LogP contribution in [-0.4, -0.2) is 16.5 Å². The van der Waals surface area contributed by atoms with Crippen LogP contribution in [0.5, 0.6) is 0 Å². The van der Waals surface area contributed by atoms with Crippen LogP contribution < -0.4 is 4.90 Å². The van der Waals surface area contributed by atoms with Crippen LogP contribution >= 0.6 is 11.3 Å². The molecule has 0 N–H and O–H groups in total. The second kappa shape index (κ2) is 5.39. The Morgan fingerprint density at radius 1 is 1.27 bits per heavy atom. The summed E-state index contributed by atoms with van der Waals surface area (Å²) in [6.07, 6.45) is 3.96. The van der Waals surface area contributed by atoms with E-state index in [2.05, 4.69) is 39.3 Å². The van der Waals surface area contributed by atoms with Gasteiger partial charge in [0.2, 0.25) is 0 Å². The highest BCUT2D eigenvalue weighted by Gasteiger charge is 2.31. The first kappa shape index (κ1) is 13.8. The van der Waals surface area contributed by atoms with Crippen LogP contribution in [0.4, 0.5) is 5.82 Å². The van der Waals surface area contributed by atoms with Gasteiger partial charge in [-0.3, -0.25) is 0 Å². The molecule has 4 nitrogen and oxygen atoms in total. The maximum absolute atomic E-state index is 5.93. The molecule has 0 bridgehead atoms. The Morgan fingerprint density at radius 2 is 2.18 bits per heavy atom. The van der Waals surface area contributed by atoms with E-state index in [0.29, 0.717) is 5.92 Å². The molecule has 0 saturated carbocycles. The molecular weight excluding hydrogens is 294 g/mol. The normalized spacial score (nSPS) is 22.4. The molecule has 2 atom stereocenters. The molecule has 0 aromatic carbocycles. The number of furan rings is 1. The number of aromatic nitrogens is 2. The SMILES string of the molecule is Cc1ccc(C2CC(C)CCN2c2ncnc3sccc23)o1. The number of hydrogen-bond acceptors (Lipinski definition) is 5. The summed E-state index contributed by atoms with van der Waals surface area (Å²) in [5, 5.41) is 3.23. The first-order valence-electron chi connectivity index (χ1n) is 7.73. The lowest BCUT2D eigenvalue weighted by molar-refractivity contribution is 0.323. The third-order valence-corrected chi connectivity index (χ3v) is 5.29. The summed E-state index contributed by atoms with van der Waals surface area (Å²) in [6.45, 7) is 5.33. The van der Waals surface area contributed by atoms with Crippen molar-refractivity contribution in [2.24, 2.45) is 5.92 Å². The quantitative estimate of drug-likeness (QED) is 0.695. The number of anilines is 1. The zero-order chi connectivity index (χ0) is 15.1. The molecule has 4 rings (SSSR count). The van der Waals surface area contributed by atoms with Crippen LogP contribution in [0.1, 0.15) is 37.3 Å². The molecule has 0 radical (unpaired) electrons. The Hall–Kier alpha value is -1.88. The summed E-state index contributed by atoms with van der Waals surface area (Å²) in [5.41, 5.74) is 0. The van der Waals surface area contributed by atoms with E-state index in [1.165, 1.54) is 6.42 Å². The zero-order valence-electron chi connectivity index (χ0n) is 12.8. The van der Waals surface area contributed by atoms with Crippen molar-refractivity contribution in [1.82, 2.24) is 9.97 Å². The maximum atomic E-state index is 5.93. The van der Waals surface area contributed by atoms with Crippen molar-refractivity contribution in [3.63, 3.8) is 0 Å². The molecule has 3 aromatic heterocycles. The van der Waals surface area contributed by atoms with Gasteiger partial charge >= 0.3 is 0 Å². The van der Waals surface area contributed by atoms with E-state index in [1.54, 1.807) is 17.7 Å². The molecule has 1 saturated heterocycles. The molecule has 0 aliphatic carbocycles. The predicted molar refractivity (Wildman–Crippen MR) is 89.3 cm³/mol. The second-order valence-electron chi connectivity index (χ2n) is 6.12. The molecule has 4 heterocycles. The van der Waals surface area contributed by atoms with Crippen molar-refractivity contribution in [2.45, 2.75) is 32.7 Å². The fourth-order valence-corrected chi connectivity index (χ4v) is 4.03. The van der Waals surface area contributed by atoms with Crippen LogP contribution in [0.15, 0.2) is 34.3 Å². The van der Waals surface area contributed by atoms with Gasteiger partial charge in [-0.05, 0) is 49.3 Å². The lowest BCUT2D eigenvalue weighted by Gasteiger charge is -2.38. The highest BCUT2D eigenvalue weighted by molar-refractivity contribution is 7.16. The molecule has 5 heteroatoms. The van der Waals surface area contributed by atoms with Crippen LogP contribution in [0.25, 0.3) is 10.2 Å². The largest absolute Gasteiger partial charge is 0.464 e. The average Bonchev–Trinajstić information content (AvgIpc) is 3.15. The van der Waals surface area contributed by atoms with Crippen molar-refractivity contribution in [1.29, 1.82) is 0 Å². The Morgan fingerprint density at radius 3 is 3.00 bits per heavy atom. The number of piperidine rings is 1. The van der Waals surface area contributed by atoms with Gasteiger partial charge in [0, 0.05) is 6.54 Å². The molecule has 0 spiro atoms. The van der Waals surface area contributed by atoms with Crippen molar-refractivity contribution in [2.75, 3.05) is 11.4 Å². The summed E-state index contributed by atoms with van der Waals surface area (Å²) in [4.78, 5) is 12.4. The number of fused-ring (bicyclic) bond motifs is 1. The van der Waals surface area contributed by atoms with Crippen LogP contribution in [0.2, 0.25) is 0 Å². The fourth-order valence-electron chi connectivity index (χ4n) is 3.30. The Bertz CT molecular complexity index is 794. The van der Waals surface area contributed by atoms with E-state index in [-0.39, 0.29) is 6.04 Å². The number of aryl methyl sites for hydroxylation is 1. The van der Waals surface area contributed by atoms with E-state index < -0.39 is 0 Å². The van der Waals surface area contributed by atoms with Crippen LogP contribution in [0.3, 0.4) is 0 Å². The van der Waals surface area contributed by atoms with Gasteiger partial charge < -0.3 is 9.32 Å². The molecule has 1 aliphatic heterocycles. The van der Waals surface area contributed by atoms with Crippen molar-refractivity contribution < 1.29 is 4.42 Å². The molecular formula is C17H19N3OS. The molecule has 2 unspecified atom stereocenters. The van der Waals surface area contributed by atoms with Gasteiger partial charge in [0.15, 0.2) is 0 Å². The third-order valence-electron chi connectivity index (χ3n) is 4.47. The van der Waals surface area contributed by atoms with Gasteiger partial charge in [-0.1, -0.05) is 6.92 Å². The first-order valence-corrected chi connectivity index (χ1v) is 8.61. The van der Waals surface area contributed by atoms with Gasteiger partial charge in [0.25, 0.3) is 0 Å². The van der Waals surface area contributed by atoms with E-state index >= 15 is 0 Å².